The van der Waals surface area contributed by atoms with Crippen molar-refractivity contribution in [3.63, 3.8) is 0 Å². The van der Waals surface area contributed by atoms with Crippen LogP contribution < -0.4 is 69.3 Å². The molecule has 0 aromatic carbocycles. The molecule has 6 fully saturated rings. The van der Waals surface area contributed by atoms with Gasteiger partial charge in [0, 0.05) is 0 Å². The molecule has 0 bridgehead atoms. The third-order valence-corrected chi connectivity index (χ3v) is 22.3. The molecule has 21 heteroatoms. The van der Waals surface area contributed by atoms with Crippen molar-refractivity contribution in [1.82, 2.24) is 0 Å². The monoisotopic (exact) mass is 1140 g/mol. The van der Waals surface area contributed by atoms with E-state index in [9.17, 15) is 36.2 Å². The van der Waals surface area contributed by atoms with Crippen LogP contribution in [0.1, 0.15) is 144 Å². The van der Waals surface area contributed by atoms with E-state index >= 15 is 0 Å². The minimum atomic E-state index is -4.47. The molecule has 2 N–H and O–H groups in total. The molecule has 0 saturated heterocycles. The number of fused-ring (bicyclic) bond motifs is 10. The van der Waals surface area contributed by atoms with Crippen molar-refractivity contribution in [1.29, 1.82) is 0 Å². The molecular weight excluding hydrogens is 1050 g/mol. The third-order valence-electron chi connectivity index (χ3n) is 21.3. The fourth-order valence-corrected chi connectivity index (χ4v) is 18.6. The maximum Gasteiger partial charge on any atom is 1.00 e. The summed E-state index contributed by atoms with van der Waals surface area (Å²) >= 11 is 0. The Morgan fingerprint density at radius 1 is 0.532 bits per heavy atom. The van der Waals surface area contributed by atoms with Crippen molar-refractivity contribution in [3.05, 3.63) is 23.3 Å². The van der Waals surface area contributed by atoms with Crippen LogP contribution in [-0.4, -0.2) is 129 Å². The van der Waals surface area contributed by atoms with Gasteiger partial charge in [0.2, 0.25) is 0 Å². The molecule has 17 nitrogen and oxygen atoms in total. The van der Waals surface area contributed by atoms with Gasteiger partial charge in [-0.2, -0.15) is 16.8 Å². The van der Waals surface area contributed by atoms with Crippen LogP contribution in [0.15, 0.2) is 33.3 Å². The normalized spacial score (nSPS) is 37.8. The number of rotatable bonds is 26. The van der Waals surface area contributed by atoms with Crippen LogP contribution in [0, 0.1) is 80.8 Å². The molecule has 8 aliphatic rings. The smallest absolute Gasteiger partial charge is 0.862 e. The zero-order valence-electron chi connectivity index (χ0n) is 47.8. The van der Waals surface area contributed by atoms with Crippen LogP contribution in [0.5, 0.6) is 0 Å². The quantitative estimate of drug-likeness (QED) is 0.0311. The van der Waals surface area contributed by atoms with E-state index in [2.05, 4.69) is 63.7 Å². The average Bonchev–Trinajstić information content (AvgIpc) is 3.92. The van der Waals surface area contributed by atoms with Gasteiger partial charge in [-0.3, -0.25) is 9.11 Å². The topological polar surface area (TPSA) is 244 Å². The standard InChI is InChI=1S/C56H92N2O15S2.2Na/c1-37(45-11-13-47-43-9-7-39-35-41(72-74(61,62)63)15-19-53(39,3)49(43)17-21-55(45,47)5)51(59)57-23-25-67-27-29-69-31-33-71-34-32-70-30-28-68-26-24-58-52(60)38(2)46-12-14-48-44-10-8-40-36-42(73-75(64,65)66)16-20-54(40,4)50(44)18-22-56(46,48)6;;/h7-8,37-38,41-50H,9-36H2,1-6H3,(H,57,59)(H,58,60)(H,61,62,63)(H,64,65,66);;/q;2*+1/p-2/t37-,38-,41-,42-,43-,44-,45+,46+,47-,48-,49-,50-,53-,54-,55+,56+;;/m0../s1. The first-order chi connectivity index (χ1) is 35.6. The number of nitrogens with zero attached hydrogens (tertiary/aromatic N) is 2. The molecule has 0 radical (unpaired) electrons. The zero-order chi connectivity index (χ0) is 53.8. The predicted molar refractivity (Wildman–Crippen MR) is 280 cm³/mol. The molecule has 0 aliphatic heterocycles. The fraction of sp³-hybridized carbons (Fsp3) is 0.893. The van der Waals surface area contributed by atoms with Crippen molar-refractivity contribution in [3.8, 4) is 0 Å². The van der Waals surface area contributed by atoms with Gasteiger partial charge in [-0.15, -0.1) is 0 Å². The molecular formula is C56H90N2Na2O15S2. The number of aliphatic imine (C=N–C) groups is 2. The Balaban J connectivity index is 0.00000480. The summed E-state index contributed by atoms with van der Waals surface area (Å²) in [5.41, 5.74) is 2.76. The molecule has 8 rings (SSSR count). The average molecular weight is 1140 g/mol. The van der Waals surface area contributed by atoms with Crippen molar-refractivity contribution in [2.24, 2.45) is 90.8 Å². The van der Waals surface area contributed by atoms with Crippen LogP contribution in [0.4, 0.5) is 0 Å². The second kappa shape index (κ2) is 28.2. The molecule has 16 atom stereocenters. The first-order valence-electron chi connectivity index (χ1n) is 28.6. The van der Waals surface area contributed by atoms with E-state index in [0.717, 1.165) is 77.0 Å². The van der Waals surface area contributed by atoms with Gasteiger partial charge >= 0.3 is 79.9 Å². The largest absolute Gasteiger partial charge is 1.00 e. The van der Waals surface area contributed by atoms with Crippen LogP contribution in [0.2, 0.25) is 0 Å². The van der Waals surface area contributed by atoms with Gasteiger partial charge in [-0.25, -0.2) is 8.37 Å². The Morgan fingerprint density at radius 2 is 0.870 bits per heavy atom. The summed E-state index contributed by atoms with van der Waals surface area (Å²) in [4.78, 5) is 8.85. The Hall–Kier alpha value is -0.0400. The minimum absolute atomic E-state index is 0. The molecule has 0 aromatic rings. The van der Waals surface area contributed by atoms with Gasteiger partial charge in [0.15, 0.2) is 0 Å². The van der Waals surface area contributed by atoms with Gasteiger partial charge in [-0.05, 0) is 195 Å². The summed E-state index contributed by atoms with van der Waals surface area (Å²) in [5, 5.41) is 26.7. The number of ether oxygens (including phenoxy) is 5. The number of hydrogen-bond donors (Lipinski definition) is 2. The van der Waals surface area contributed by atoms with Crippen LogP contribution in [0.3, 0.4) is 0 Å². The SMILES string of the molecule is C[C@H](C([O-])=NCCOCCOCCOCCOCCOCCN=C([O-])[C@@H](C)[C@H]1CC[C@H]2[C@@H]3CC=C4C[C@@H](OS(=O)(=O)O)CC[C@]4(C)[C@H]3CC[C@]12C)[C@H]1CC[C@H]2[C@@H]3CC=C4C[C@@H](OS(=O)(=O)O)CC[C@]4(C)[C@H]3CC[C@]12C.[Na+].[Na+]. The van der Waals surface area contributed by atoms with Crippen LogP contribution in [-0.2, 0) is 52.8 Å². The fourth-order valence-electron chi connectivity index (χ4n) is 17.5. The summed E-state index contributed by atoms with van der Waals surface area (Å²) < 4.78 is 102. The number of hydrogen-bond acceptors (Lipinski definition) is 15. The summed E-state index contributed by atoms with van der Waals surface area (Å²) in [6, 6.07) is 0. The molecule has 0 unspecified atom stereocenters. The molecule has 428 valence electrons. The Morgan fingerprint density at radius 3 is 1.21 bits per heavy atom. The summed E-state index contributed by atoms with van der Waals surface area (Å²) in [5.74, 6) is 3.46. The Kier molecular flexibility index (Phi) is 24.2. The van der Waals surface area contributed by atoms with Crippen molar-refractivity contribution in [2.75, 3.05) is 79.2 Å². The van der Waals surface area contributed by atoms with Crippen molar-refractivity contribution in [2.45, 2.75) is 156 Å². The number of allylic oxidation sites excluding steroid dienone is 2. The zero-order valence-corrected chi connectivity index (χ0v) is 53.4. The molecule has 77 heavy (non-hydrogen) atoms. The van der Waals surface area contributed by atoms with Gasteiger partial charge in [0.05, 0.1) is 91.4 Å². The first-order valence-corrected chi connectivity index (χ1v) is 31.3. The second-order valence-corrected chi connectivity index (χ2v) is 26.9. The van der Waals surface area contributed by atoms with Crippen LogP contribution >= 0.6 is 0 Å². The van der Waals surface area contributed by atoms with E-state index in [4.69, 9.17) is 32.1 Å². The molecule has 0 amide bonds. The van der Waals surface area contributed by atoms with E-state index in [1.165, 1.54) is 11.1 Å². The Labute approximate surface area is 505 Å². The summed E-state index contributed by atoms with van der Waals surface area (Å²) in [6.45, 7) is 18.4. The van der Waals surface area contributed by atoms with E-state index in [0.29, 0.717) is 152 Å². The van der Waals surface area contributed by atoms with Gasteiger partial charge in [-0.1, -0.05) is 64.8 Å². The molecule has 8 aliphatic carbocycles. The van der Waals surface area contributed by atoms with Crippen molar-refractivity contribution < 1.29 is 127 Å². The van der Waals surface area contributed by atoms with Gasteiger partial charge in [0.25, 0.3) is 0 Å². The maximum absolute atomic E-state index is 13.4. The van der Waals surface area contributed by atoms with E-state index in [-0.39, 0.29) is 104 Å². The third kappa shape index (κ3) is 15.5. The van der Waals surface area contributed by atoms with Gasteiger partial charge in [0.1, 0.15) is 0 Å². The van der Waals surface area contributed by atoms with Crippen molar-refractivity contribution >= 4 is 32.6 Å². The summed E-state index contributed by atoms with van der Waals surface area (Å²) in [6.07, 6.45) is 18.3. The van der Waals surface area contributed by atoms with Crippen LogP contribution in [0.25, 0.3) is 0 Å². The molecule has 0 heterocycles. The second-order valence-electron chi connectivity index (χ2n) is 24.8. The minimum Gasteiger partial charge on any atom is -0.862 e. The molecule has 6 saturated carbocycles. The first kappa shape index (κ1) is 66.1. The van der Waals surface area contributed by atoms with Gasteiger partial charge < -0.3 is 43.9 Å². The summed E-state index contributed by atoms with van der Waals surface area (Å²) in [7, 11) is -8.95. The molecule has 0 spiro atoms. The van der Waals surface area contributed by atoms with E-state index in [1.54, 1.807) is 0 Å². The van der Waals surface area contributed by atoms with E-state index < -0.39 is 33.0 Å². The van der Waals surface area contributed by atoms with E-state index in [1.807, 2.05) is 0 Å². The maximum atomic E-state index is 13.4. The molecule has 0 aromatic heterocycles. The Bertz CT molecular complexity index is 2150. The predicted octanol–water partition coefficient (Wildman–Crippen LogP) is 1.40.